The van der Waals surface area contributed by atoms with E-state index in [0.29, 0.717) is 0 Å². The van der Waals surface area contributed by atoms with E-state index in [1.54, 1.807) is 0 Å². The van der Waals surface area contributed by atoms with Crippen molar-refractivity contribution in [3.63, 3.8) is 0 Å². The van der Waals surface area contributed by atoms with Crippen molar-refractivity contribution in [2.75, 3.05) is 0 Å². The Balaban J connectivity index is 0.00000108. The molecule has 4 aromatic rings. The maximum atomic E-state index is 2.52. The maximum absolute atomic E-state index is 2.52. The molecule has 0 saturated carbocycles. The van der Waals surface area contributed by atoms with E-state index in [1.165, 1.54) is 75.7 Å². The molecule has 40 heavy (non-hydrogen) atoms. The van der Waals surface area contributed by atoms with Crippen LogP contribution in [0.1, 0.15) is 0 Å². The van der Waals surface area contributed by atoms with Crippen molar-refractivity contribution < 1.29 is 51.0 Å². The summed E-state index contributed by atoms with van der Waals surface area (Å²) in [6.07, 6.45) is 0. The Kier molecular flexibility index (Phi) is 7.62. The zero-order valence-corrected chi connectivity index (χ0v) is 27.3. The van der Waals surface area contributed by atoms with E-state index in [0.717, 1.165) is 0 Å². The first-order chi connectivity index (χ1) is 18.1. The van der Waals surface area contributed by atoms with Crippen LogP contribution in [0.3, 0.4) is 0 Å². The molecule has 0 spiro atoms. The molecule has 0 radical (unpaired) electrons. The van der Waals surface area contributed by atoms with Gasteiger partial charge in [0, 0.05) is 0 Å². The van der Waals surface area contributed by atoms with Gasteiger partial charge in [0.05, 0.1) is 8.07 Å². The molecule has 0 saturated heterocycles. The zero-order valence-electron chi connectivity index (χ0n) is 22.3. The third-order valence-corrected chi connectivity index (χ3v) is 12.2. The summed E-state index contributed by atoms with van der Waals surface area (Å²) < 4.78 is 0. The predicted octanol–water partition coefficient (Wildman–Crippen LogP) is 2.77. The summed E-state index contributed by atoms with van der Waals surface area (Å²) in [7, 11) is -1.99. The van der Waals surface area contributed by atoms with E-state index in [2.05, 4.69) is 134 Å². The van der Waals surface area contributed by atoms with E-state index in [-0.39, 0.29) is 51.0 Å². The summed E-state index contributed by atoms with van der Waals surface area (Å²) in [6, 6.07) is 45.6. The van der Waals surface area contributed by atoms with Crippen molar-refractivity contribution in [3.8, 4) is 22.3 Å². The van der Waals surface area contributed by atoms with Gasteiger partial charge in [-0.05, 0) is 10.8 Å². The number of hydrogen-bond acceptors (Lipinski definition) is 0. The second kappa shape index (κ2) is 10.6. The van der Waals surface area contributed by atoms with E-state index >= 15 is 0 Å². The molecule has 0 atom stereocenters. The molecule has 4 aliphatic carbocycles. The summed E-state index contributed by atoms with van der Waals surface area (Å²) >= 11 is 0. The average molecular weight is 649 g/mol. The predicted molar refractivity (Wildman–Crippen MR) is 164 cm³/mol. The average Bonchev–Trinajstić information content (AvgIpc) is 3.58. The van der Waals surface area contributed by atoms with Gasteiger partial charge in [-0.1, -0.05) is 152 Å². The molecular weight excluding hydrogens is 623 g/mol. The van der Waals surface area contributed by atoms with Crippen LogP contribution in [0.25, 0.3) is 65.3 Å². The Labute approximate surface area is 267 Å². The molecule has 0 N–H and O–H groups in total. The molecule has 0 heterocycles. The van der Waals surface area contributed by atoms with Crippen LogP contribution in [0.5, 0.6) is 0 Å². The van der Waals surface area contributed by atoms with Crippen molar-refractivity contribution in [2.24, 2.45) is 0 Å². The van der Waals surface area contributed by atoms with Gasteiger partial charge < -0.3 is 24.8 Å². The number of rotatable bonds is 2. The first-order valence-corrected chi connectivity index (χ1v) is 16.1. The van der Waals surface area contributed by atoms with Crippen LogP contribution < -0.4 is 35.2 Å². The molecule has 4 aliphatic rings. The summed E-state index contributed by atoms with van der Waals surface area (Å²) in [6.45, 7) is 5.05. The molecule has 0 fully saturated rings. The van der Waals surface area contributed by atoms with Gasteiger partial charge in [0.1, 0.15) is 0 Å². The van der Waals surface area contributed by atoms with Gasteiger partial charge in [0.25, 0.3) is 0 Å². The minimum absolute atomic E-state index is 0. The second-order valence-corrected chi connectivity index (χ2v) is 15.3. The van der Waals surface area contributed by atoms with Crippen LogP contribution >= 0.6 is 0 Å². The molecule has 0 nitrogen and oxygen atoms in total. The Morgan fingerprint density at radius 3 is 1.35 bits per heavy atom. The third kappa shape index (κ3) is 4.04. The summed E-state index contributed by atoms with van der Waals surface area (Å²) in [5, 5.41) is 13.8. The molecule has 8 rings (SSSR count). The summed E-state index contributed by atoms with van der Waals surface area (Å²) in [5.41, 5.74) is 5.61. The SMILES string of the molecule is C[Si](C)(c1ccc2c3c(ccc4ccccc43)[cH-]cc1-2)c1ccc2c3c(ccc4ccccc43)[cH-]cc1-2.[Cl-].[Cl-].[Zr+4]. The number of hydrogen-bond donors (Lipinski definition) is 0. The van der Waals surface area contributed by atoms with Gasteiger partial charge in [0.15, 0.2) is 0 Å². The molecule has 0 bridgehead atoms. The second-order valence-electron chi connectivity index (χ2n) is 10.9. The molecular formula is C36H26Cl2SiZr. The number of fused-ring (bicyclic) bond motifs is 10. The molecule has 192 valence electrons. The Bertz CT molecular complexity index is 1930. The van der Waals surface area contributed by atoms with E-state index in [9.17, 15) is 0 Å². The van der Waals surface area contributed by atoms with Crippen LogP contribution in [-0.4, -0.2) is 8.07 Å². The quantitative estimate of drug-likeness (QED) is 0.154. The summed E-state index contributed by atoms with van der Waals surface area (Å²) in [5.74, 6) is 0. The Morgan fingerprint density at radius 2 is 0.900 bits per heavy atom. The van der Waals surface area contributed by atoms with Crippen molar-refractivity contribution >= 4 is 61.5 Å². The largest absolute Gasteiger partial charge is 4.00 e. The van der Waals surface area contributed by atoms with Crippen molar-refractivity contribution in [1.82, 2.24) is 0 Å². The zero-order chi connectivity index (χ0) is 24.7. The fourth-order valence-corrected chi connectivity index (χ4v) is 9.89. The fourth-order valence-electron chi connectivity index (χ4n) is 6.81. The maximum Gasteiger partial charge on any atom is 4.00 e. The molecule has 0 aromatic heterocycles. The minimum Gasteiger partial charge on any atom is -1.00 e. The smallest absolute Gasteiger partial charge is 1.00 e. The van der Waals surface area contributed by atoms with Gasteiger partial charge in [-0.15, -0.1) is 47.2 Å². The van der Waals surface area contributed by atoms with Crippen LogP contribution in [0, 0.1) is 0 Å². The fraction of sp³-hybridized carbons (Fsp3) is 0.0556. The molecule has 0 amide bonds. The van der Waals surface area contributed by atoms with Gasteiger partial charge in [-0.2, -0.15) is 0 Å². The Hall–Kier alpha value is -2.74. The Morgan fingerprint density at radius 1 is 0.475 bits per heavy atom. The minimum atomic E-state index is -1.99. The van der Waals surface area contributed by atoms with Crippen molar-refractivity contribution in [1.29, 1.82) is 0 Å². The van der Waals surface area contributed by atoms with Gasteiger partial charge in [0.2, 0.25) is 0 Å². The van der Waals surface area contributed by atoms with E-state index in [1.807, 2.05) is 0 Å². The monoisotopic (exact) mass is 646 g/mol. The topological polar surface area (TPSA) is 0 Å². The van der Waals surface area contributed by atoms with Crippen molar-refractivity contribution in [2.45, 2.75) is 13.1 Å². The first-order valence-electron chi connectivity index (χ1n) is 13.1. The van der Waals surface area contributed by atoms with Crippen LogP contribution in [0.4, 0.5) is 0 Å². The van der Waals surface area contributed by atoms with Crippen LogP contribution in [0.2, 0.25) is 13.1 Å². The number of halogens is 2. The first kappa shape index (κ1) is 28.8. The van der Waals surface area contributed by atoms with Crippen molar-refractivity contribution in [3.05, 3.63) is 121 Å². The molecule has 0 aliphatic heterocycles. The van der Waals surface area contributed by atoms with Crippen LogP contribution in [0.15, 0.2) is 121 Å². The van der Waals surface area contributed by atoms with Crippen LogP contribution in [-0.2, 0) is 26.2 Å². The molecule has 4 aromatic carbocycles. The molecule has 0 unspecified atom stereocenters. The van der Waals surface area contributed by atoms with Gasteiger partial charge >= 0.3 is 26.2 Å². The summed E-state index contributed by atoms with van der Waals surface area (Å²) in [4.78, 5) is 0. The third-order valence-electron chi connectivity index (χ3n) is 8.66. The van der Waals surface area contributed by atoms with Gasteiger partial charge in [-0.25, -0.2) is 0 Å². The standard InChI is InChI=1S/C36H26Si.2ClH.Zr/c1-37(2,33-21-19-31-29(33)17-15-25-13-11-23-7-3-5-9-27(23)35(25)31)34-22-20-32-30(34)18-16-26-14-12-24-8-4-6-10-28(24)36(26)32;;;/h3-22H,1-2H3;2*1H;/q-2;;;+4/p-2. The van der Waals surface area contributed by atoms with E-state index in [4.69, 9.17) is 0 Å². The normalized spacial score (nSPS) is 11.7. The number of benzene rings is 6. The van der Waals surface area contributed by atoms with Gasteiger partial charge in [-0.3, -0.25) is 0 Å². The van der Waals surface area contributed by atoms with E-state index < -0.39 is 8.07 Å². The molecule has 4 heteroatoms.